The highest BCUT2D eigenvalue weighted by molar-refractivity contribution is 7.98. The normalized spacial score (nSPS) is 10.1. The highest BCUT2D eigenvalue weighted by atomic mass is 32.2. The molecular formula is C12H14N4OS. The fourth-order valence-corrected chi connectivity index (χ4v) is 1.96. The van der Waals surface area contributed by atoms with Gasteiger partial charge in [-0.3, -0.25) is 0 Å². The monoisotopic (exact) mass is 262 g/mol. The number of nitrogens with one attached hydrogen (secondary N) is 1. The van der Waals surface area contributed by atoms with Gasteiger partial charge in [0, 0.05) is 18.0 Å². The Morgan fingerprint density at radius 2 is 2.06 bits per heavy atom. The number of hydrogen-bond acceptors (Lipinski definition) is 6. The molecule has 0 bridgehead atoms. The van der Waals surface area contributed by atoms with E-state index in [0.717, 1.165) is 10.6 Å². The van der Waals surface area contributed by atoms with Gasteiger partial charge >= 0.3 is 0 Å². The molecule has 94 valence electrons. The summed E-state index contributed by atoms with van der Waals surface area (Å²) in [5, 5.41) is 2.91. The van der Waals surface area contributed by atoms with Crippen molar-refractivity contribution in [3.63, 3.8) is 0 Å². The average Bonchev–Trinajstić information content (AvgIpc) is 2.38. The first-order valence-electron chi connectivity index (χ1n) is 5.36. The second-order valence-electron chi connectivity index (χ2n) is 3.45. The van der Waals surface area contributed by atoms with E-state index in [9.17, 15) is 0 Å². The van der Waals surface area contributed by atoms with Crippen molar-refractivity contribution in [1.29, 1.82) is 0 Å². The standard InChI is InChI=1S/C12H14N4OS/c1-14-10-7-11(16-12(13)15-10)17-8-5-3-4-6-9(8)18-2/h3-7H,1-2H3,(H3,13,14,15,16). The molecular weight excluding hydrogens is 248 g/mol. The summed E-state index contributed by atoms with van der Waals surface area (Å²) < 4.78 is 5.73. The Labute approximate surface area is 110 Å². The number of nitrogens with zero attached hydrogens (tertiary/aromatic N) is 2. The molecule has 0 amide bonds. The molecule has 0 saturated heterocycles. The van der Waals surface area contributed by atoms with Crippen molar-refractivity contribution >= 4 is 23.5 Å². The summed E-state index contributed by atoms with van der Waals surface area (Å²) >= 11 is 1.61. The number of nitrogen functional groups attached to an aromatic ring is 1. The highest BCUT2D eigenvalue weighted by Gasteiger charge is 2.06. The molecule has 5 nitrogen and oxygen atoms in total. The second kappa shape index (κ2) is 5.59. The minimum atomic E-state index is 0.179. The summed E-state index contributed by atoms with van der Waals surface area (Å²) in [7, 11) is 1.77. The largest absolute Gasteiger partial charge is 0.438 e. The van der Waals surface area contributed by atoms with Crippen LogP contribution in [0, 0.1) is 0 Å². The van der Waals surface area contributed by atoms with Crippen molar-refractivity contribution in [3.05, 3.63) is 30.3 Å². The van der Waals surface area contributed by atoms with Gasteiger partial charge in [-0.05, 0) is 18.4 Å². The average molecular weight is 262 g/mol. The van der Waals surface area contributed by atoms with Gasteiger partial charge in [0.15, 0.2) is 0 Å². The lowest BCUT2D eigenvalue weighted by Gasteiger charge is -2.09. The predicted octanol–water partition coefficient (Wildman–Crippen LogP) is 2.61. The van der Waals surface area contributed by atoms with Crippen LogP contribution in [-0.4, -0.2) is 23.3 Å². The zero-order valence-corrected chi connectivity index (χ0v) is 11.0. The zero-order chi connectivity index (χ0) is 13.0. The lowest BCUT2D eigenvalue weighted by atomic mass is 10.3. The van der Waals surface area contributed by atoms with Crippen molar-refractivity contribution in [1.82, 2.24) is 9.97 Å². The van der Waals surface area contributed by atoms with E-state index in [-0.39, 0.29) is 5.95 Å². The molecule has 0 atom stereocenters. The summed E-state index contributed by atoms with van der Waals surface area (Å²) in [6.45, 7) is 0. The van der Waals surface area contributed by atoms with E-state index >= 15 is 0 Å². The summed E-state index contributed by atoms with van der Waals surface area (Å²) in [5.41, 5.74) is 5.61. The molecule has 0 aliphatic carbocycles. The number of rotatable bonds is 4. The molecule has 0 radical (unpaired) electrons. The quantitative estimate of drug-likeness (QED) is 0.825. The predicted molar refractivity (Wildman–Crippen MR) is 74.3 cm³/mol. The minimum absolute atomic E-state index is 0.179. The molecule has 2 aromatic rings. The summed E-state index contributed by atoms with van der Waals surface area (Å²) in [5.74, 6) is 1.98. The number of nitrogens with two attached hydrogens (primary N) is 1. The van der Waals surface area contributed by atoms with Gasteiger partial charge in [-0.15, -0.1) is 11.8 Å². The van der Waals surface area contributed by atoms with Crippen LogP contribution in [0.5, 0.6) is 11.6 Å². The van der Waals surface area contributed by atoms with Crippen LogP contribution in [0.2, 0.25) is 0 Å². The lowest BCUT2D eigenvalue weighted by molar-refractivity contribution is 0.452. The third-order valence-corrected chi connectivity index (χ3v) is 3.04. The van der Waals surface area contributed by atoms with Crippen LogP contribution in [0.1, 0.15) is 0 Å². The van der Waals surface area contributed by atoms with Crippen molar-refractivity contribution in [2.24, 2.45) is 0 Å². The van der Waals surface area contributed by atoms with E-state index in [1.165, 1.54) is 0 Å². The van der Waals surface area contributed by atoms with E-state index < -0.39 is 0 Å². The maximum atomic E-state index is 5.73. The SMILES string of the molecule is CNc1cc(Oc2ccccc2SC)nc(N)n1. The number of hydrogen-bond donors (Lipinski definition) is 2. The molecule has 6 heteroatoms. The number of anilines is 2. The molecule has 18 heavy (non-hydrogen) atoms. The molecule has 1 heterocycles. The number of ether oxygens (including phenoxy) is 1. The van der Waals surface area contributed by atoms with Gasteiger partial charge in [0.2, 0.25) is 11.8 Å². The van der Waals surface area contributed by atoms with Gasteiger partial charge < -0.3 is 15.8 Å². The minimum Gasteiger partial charge on any atom is -0.438 e. The molecule has 0 aliphatic rings. The van der Waals surface area contributed by atoms with E-state index in [1.54, 1.807) is 24.9 Å². The first-order chi connectivity index (χ1) is 8.72. The summed E-state index contributed by atoms with van der Waals surface area (Å²) in [6, 6.07) is 9.46. The molecule has 0 spiro atoms. The van der Waals surface area contributed by atoms with Crippen LogP contribution in [0.4, 0.5) is 11.8 Å². The Balaban J connectivity index is 2.30. The maximum absolute atomic E-state index is 5.73. The molecule has 1 aromatic heterocycles. The maximum Gasteiger partial charge on any atom is 0.226 e. The van der Waals surface area contributed by atoms with Crippen LogP contribution >= 0.6 is 11.8 Å². The van der Waals surface area contributed by atoms with Crippen LogP contribution < -0.4 is 15.8 Å². The van der Waals surface area contributed by atoms with Gasteiger partial charge in [-0.1, -0.05) is 12.1 Å². The number of benzene rings is 1. The summed E-state index contributed by atoms with van der Waals surface area (Å²) in [4.78, 5) is 9.10. The van der Waals surface area contributed by atoms with Crippen LogP contribution in [0.15, 0.2) is 35.2 Å². The fraction of sp³-hybridized carbons (Fsp3) is 0.167. The van der Waals surface area contributed by atoms with Crippen molar-refractivity contribution < 1.29 is 4.74 Å². The van der Waals surface area contributed by atoms with E-state index in [2.05, 4.69) is 15.3 Å². The number of para-hydroxylation sites is 1. The second-order valence-corrected chi connectivity index (χ2v) is 4.30. The molecule has 0 fully saturated rings. The van der Waals surface area contributed by atoms with Gasteiger partial charge in [0.25, 0.3) is 0 Å². The van der Waals surface area contributed by atoms with Gasteiger partial charge in [-0.2, -0.15) is 9.97 Å². The third kappa shape index (κ3) is 2.84. The van der Waals surface area contributed by atoms with Crippen molar-refractivity contribution in [2.75, 3.05) is 24.4 Å². The summed E-state index contributed by atoms with van der Waals surface area (Å²) in [6.07, 6.45) is 2.00. The topological polar surface area (TPSA) is 73.1 Å². The Kier molecular flexibility index (Phi) is 3.88. The highest BCUT2D eigenvalue weighted by Crippen LogP contribution is 2.31. The smallest absolute Gasteiger partial charge is 0.226 e. The first-order valence-corrected chi connectivity index (χ1v) is 6.58. The van der Waals surface area contributed by atoms with Gasteiger partial charge in [-0.25, -0.2) is 0 Å². The molecule has 1 aromatic carbocycles. The molecule has 0 aliphatic heterocycles. The Hall–Kier alpha value is -1.95. The Bertz CT molecular complexity index is 547. The van der Waals surface area contributed by atoms with Crippen LogP contribution in [0.25, 0.3) is 0 Å². The molecule has 2 rings (SSSR count). The van der Waals surface area contributed by atoms with Crippen LogP contribution in [0.3, 0.4) is 0 Å². The lowest BCUT2D eigenvalue weighted by Crippen LogP contribution is -2.01. The number of thioether (sulfide) groups is 1. The van der Waals surface area contributed by atoms with Gasteiger partial charge in [0.1, 0.15) is 11.6 Å². The zero-order valence-electron chi connectivity index (χ0n) is 10.2. The molecule has 3 N–H and O–H groups in total. The van der Waals surface area contributed by atoms with E-state index in [0.29, 0.717) is 11.7 Å². The fourth-order valence-electron chi connectivity index (χ4n) is 1.44. The van der Waals surface area contributed by atoms with Crippen molar-refractivity contribution in [2.45, 2.75) is 4.90 Å². The van der Waals surface area contributed by atoms with Crippen LogP contribution in [-0.2, 0) is 0 Å². The van der Waals surface area contributed by atoms with E-state index in [4.69, 9.17) is 10.5 Å². The number of aromatic nitrogens is 2. The third-order valence-electron chi connectivity index (χ3n) is 2.26. The van der Waals surface area contributed by atoms with E-state index in [1.807, 2.05) is 30.5 Å². The van der Waals surface area contributed by atoms with Crippen molar-refractivity contribution in [3.8, 4) is 11.6 Å². The van der Waals surface area contributed by atoms with Gasteiger partial charge in [0.05, 0.1) is 0 Å². The Morgan fingerprint density at radius 1 is 1.28 bits per heavy atom. The molecule has 0 saturated carbocycles. The first kappa shape index (κ1) is 12.5. The molecule has 0 unspecified atom stereocenters. The Morgan fingerprint density at radius 3 is 2.78 bits per heavy atom.